The highest BCUT2D eigenvalue weighted by Crippen LogP contribution is 2.09. The van der Waals surface area contributed by atoms with Crippen LogP contribution in [0.3, 0.4) is 0 Å². The van der Waals surface area contributed by atoms with Gasteiger partial charge in [0, 0.05) is 12.3 Å². The van der Waals surface area contributed by atoms with E-state index in [1.807, 2.05) is 23.9 Å². The van der Waals surface area contributed by atoms with Crippen LogP contribution in [0.4, 0.5) is 0 Å². The lowest BCUT2D eigenvalue weighted by Crippen LogP contribution is -2.12. The highest BCUT2D eigenvalue weighted by atomic mass is 32.2. The molecule has 0 bridgehead atoms. The van der Waals surface area contributed by atoms with Crippen LogP contribution < -0.4 is 10.1 Å². The zero-order chi connectivity index (χ0) is 11.6. The molecule has 0 spiro atoms. The molecule has 1 heterocycles. The number of nitrogens with one attached hydrogen (secondary N) is 1. The van der Waals surface area contributed by atoms with E-state index in [0.29, 0.717) is 0 Å². The van der Waals surface area contributed by atoms with E-state index in [-0.39, 0.29) is 0 Å². The van der Waals surface area contributed by atoms with E-state index < -0.39 is 0 Å². The Kier molecular flexibility index (Phi) is 7.01. The summed E-state index contributed by atoms with van der Waals surface area (Å²) in [6.45, 7) is 6.79. The Labute approximate surface area is 102 Å². The fourth-order valence-electron chi connectivity index (χ4n) is 1.22. The van der Waals surface area contributed by atoms with Crippen LogP contribution in [-0.4, -0.2) is 29.6 Å². The van der Waals surface area contributed by atoms with Gasteiger partial charge < -0.3 is 10.1 Å². The van der Waals surface area contributed by atoms with Crippen LogP contribution >= 0.6 is 11.8 Å². The second-order valence-electron chi connectivity index (χ2n) is 3.31. The fraction of sp³-hybridized carbons (Fsp3) is 0.583. The molecular weight excluding hydrogens is 220 g/mol. The molecule has 0 saturated carbocycles. The highest BCUT2D eigenvalue weighted by Gasteiger charge is 1.96. The second-order valence-corrected chi connectivity index (χ2v) is 4.70. The van der Waals surface area contributed by atoms with Gasteiger partial charge in [-0.3, -0.25) is 4.98 Å². The molecular formula is C12H20N2OS. The summed E-state index contributed by atoms with van der Waals surface area (Å²) in [6.07, 6.45) is 1.79. The molecule has 16 heavy (non-hydrogen) atoms. The van der Waals surface area contributed by atoms with Crippen molar-refractivity contribution >= 4 is 11.8 Å². The molecule has 1 N–H and O–H groups in total. The van der Waals surface area contributed by atoms with E-state index >= 15 is 0 Å². The number of thioether (sulfide) groups is 1. The maximum atomic E-state index is 5.56. The van der Waals surface area contributed by atoms with Crippen LogP contribution in [0.5, 0.6) is 5.75 Å². The monoisotopic (exact) mass is 240 g/mol. The predicted octanol–water partition coefficient (Wildman–Crippen LogP) is 2.32. The molecule has 1 rings (SSSR count). The number of rotatable bonds is 8. The molecule has 90 valence electrons. The first-order chi connectivity index (χ1) is 7.86. The lowest BCUT2D eigenvalue weighted by Gasteiger charge is -2.06. The molecule has 4 heteroatoms. The van der Waals surface area contributed by atoms with Gasteiger partial charge in [0.25, 0.3) is 0 Å². The largest absolute Gasteiger partial charge is 0.491 e. The fourth-order valence-corrected chi connectivity index (χ4v) is 1.71. The van der Waals surface area contributed by atoms with Crippen LogP contribution in [-0.2, 0) is 6.54 Å². The topological polar surface area (TPSA) is 34.1 Å². The van der Waals surface area contributed by atoms with Crippen molar-refractivity contribution in [2.45, 2.75) is 20.4 Å². The van der Waals surface area contributed by atoms with E-state index in [0.717, 1.165) is 42.6 Å². The quantitative estimate of drug-likeness (QED) is 0.707. The minimum Gasteiger partial charge on any atom is -0.491 e. The summed E-state index contributed by atoms with van der Waals surface area (Å²) in [7, 11) is 0. The first kappa shape index (κ1) is 13.3. The van der Waals surface area contributed by atoms with Crippen molar-refractivity contribution in [1.82, 2.24) is 10.3 Å². The molecule has 0 amide bonds. The van der Waals surface area contributed by atoms with Crippen molar-refractivity contribution in [1.29, 1.82) is 0 Å². The molecule has 1 aromatic heterocycles. The Hall–Kier alpha value is -0.740. The zero-order valence-corrected chi connectivity index (χ0v) is 10.8. The lowest BCUT2D eigenvalue weighted by molar-refractivity contribution is 0.342. The molecule has 3 nitrogen and oxygen atoms in total. The van der Waals surface area contributed by atoms with Gasteiger partial charge in [-0.25, -0.2) is 0 Å². The molecule has 0 aliphatic rings. The maximum Gasteiger partial charge on any atom is 0.137 e. The minimum atomic E-state index is 0.757. The van der Waals surface area contributed by atoms with E-state index in [9.17, 15) is 0 Å². The number of pyridine rings is 1. The van der Waals surface area contributed by atoms with Gasteiger partial charge in [0.2, 0.25) is 0 Å². The lowest BCUT2D eigenvalue weighted by atomic mass is 10.3. The minimum absolute atomic E-state index is 0.757. The van der Waals surface area contributed by atoms with Crippen molar-refractivity contribution in [3.63, 3.8) is 0 Å². The summed E-state index contributed by atoms with van der Waals surface area (Å²) in [5.74, 6) is 3.04. The molecule has 1 aromatic rings. The Morgan fingerprint density at radius 3 is 2.88 bits per heavy atom. The Bertz CT molecular complexity index is 277. The van der Waals surface area contributed by atoms with Crippen LogP contribution in [0.15, 0.2) is 18.3 Å². The highest BCUT2D eigenvalue weighted by molar-refractivity contribution is 7.99. The van der Waals surface area contributed by atoms with E-state index in [1.165, 1.54) is 0 Å². The molecule has 0 atom stereocenters. The van der Waals surface area contributed by atoms with Crippen molar-refractivity contribution in [2.24, 2.45) is 0 Å². The Morgan fingerprint density at radius 2 is 2.25 bits per heavy atom. The van der Waals surface area contributed by atoms with Gasteiger partial charge in [-0.05, 0) is 24.4 Å². The molecule has 0 fully saturated rings. The van der Waals surface area contributed by atoms with Crippen molar-refractivity contribution in [3.05, 3.63) is 24.0 Å². The number of hydrogen-bond donors (Lipinski definition) is 1. The SMILES string of the molecule is CCNCc1ccc(OCCSCC)cn1. The average molecular weight is 240 g/mol. The number of hydrogen-bond acceptors (Lipinski definition) is 4. The van der Waals surface area contributed by atoms with Crippen LogP contribution in [0.1, 0.15) is 19.5 Å². The standard InChI is InChI=1S/C12H20N2OS/c1-3-13-9-11-5-6-12(10-14-11)15-7-8-16-4-2/h5-6,10,13H,3-4,7-9H2,1-2H3. The third-order valence-corrected chi connectivity index (χ3v) is 2.92. The summed E-state index contributed by atoms with van der Waals surface area (Å²) >= 11 is 1.89. The van der Waals surface area contributed by atoms with Gasteiger partial charge in [-0.2, -0.15) is 11.8 Å². The summed E-state index contributed by atoms with van der Waals surface area (Å²) < 4.78 is 5.56. The normalized spacial score (nSPS) is 10.4. The number of nitrogens with zero attached hydrogens (tertiary/aromatic N) is 1. The molecule has 0 unspecified atom stereocenters. The van der Waals surface area contributed by atoms with Crippen LogP contribution in [0, 0.1) is 0 Å². The molecule has 0 aromatic carbocycles. The zero-order valence-electron chi connectivity index (χ0n) is 10.0. The number of aromatic nitrogens is 1. The van der Waals surface area contributed by atoms with Gasteiger partial charge in [0.1, 0.15) is 5.75 Å². The molecule has 0 aliphatic heterocycles. The van der Waals surface area contributed by atoms with Crippen LogP contribution in [0.25, 0.3) is 0 Å². The van der Waals surface area contributed by atoms with Crippen molar-refractivity contribution in [2.75, 3.05) is 24.7 Å². The van der Waals surface area contributed by atoms with Gasteiger partial charge in [-0.15, -0.1) is 0 Å². The number of ether oxygens (including phenoxy) is 1. The summed E-state index contributed by atoms with van der Waals surface area (Å²) in [6, 6.07) is 3.99. The average Bonchev–Trinajstić information content (AvgIpc) is 2.33. The first-order valence-corrected chi connectivity index (χ1v) is 6.88. The predicted molar refractivity (Wildman–Crippen MR) is 70.1 cm³/mol. The third kappa shape index (κ3) is 5.37. The summed E-state index contributed by atoms with van der Waals surface area (Å²) in [4.78, 5) is 4.32. The van der Waals surface area contributed by atoms with Crippen LogP contribution in [0.2, 0.25) is 0 Å². The van der Waals surface area contributed by atoms with Crippen molar-refractivity contribution < 1.29 is 4.74 Å². The maximum absolute atomic E-state index is 5.56. The van der Waals surface area contributed by atoms with Gasteiger partial charge >= 0.3 is 0 Å². The van der Waals surface area contributed by atoms with Crippen molar-refractivity contribution in [3.8, 4) is 5.75 Å². The summed E-state index contributed by atoms with van der Waals surface area (Å²) in [5.41, 5.74) is 1.05. The molecule has 0 radical (unpaired) electrons. The third-order valence-electron chi connectivity index (χ3n) is 2.05. The second kappa shape index (κ2) is 8.42. The smallest absolute Gasteiger partial charge is 0.137 e. The summed E-state index contributed by atoms with van der Waals surface area (Å²) in [5, 5.41) is 3.24. The van der Waals surface area contributed by atoms with Gasteiger partial charge in [0.15, 0.2) is 0 Å². The Morgan fingerprint density at radius 1 is 1.38 bits per heavy atom. The van der Waals surface area contributed by atoms with Gasteiger partial charge in [0.05, 0.1) is 18.5 Å². The van der Waals surface area contributed by atoms with Gasteiger partial charge in [-0.1, -0.05) is 13.8 Å². The van der Waals surface area contributed by atoms with E-state index in [4.69, 9.17) is 4.74 Å². The first-order valence-electron chi connectivity index (χ1n) is 5.73. The van der Waals surface area contributed by atoms with E-state index in [2.05, 4.69) is 24.1 Å². The molecule has 0 saturated heterocycles. The molecule has 0 aliphatic carbocycles. The van der Waals surface area contributed by atoms with E-state index in [1.54, 1.807) is 6.20 Å². The Balaban J connectivity index is 2.27.